The van der Waals surface area contributed by atoms with Crippen LogP contribution in [-0.4, -0.2) is 65.2 Å². The molecule has 9 nitrogen and oxygen atoms in total. The maximum atomic E-state index is 12.5. The molecule has 2 heterocycles. The van der Waals surface area contributed by atoms with Crippen molar-refractivity contribution in [3.05, 3.63) is 30.1 Å². The second kappa shape index (κ2) is 11.2. The van der Waals surface area contributed by atoms with E-state index in [2.05, 4.69) is 19.8 Å². The lowest BCUT2D eigenvalue weighted by molar-refractivity contribution is -0.122. The van der Waals surface area contributed by atoms with Crippen LogP contribution in [0.2, 0.25) is 0 Å². The summed E-state index contributed by atoms with van der Waals surface area (Å²) < 4.78 is 7.69. The highest BCUT2D eigenvalue weighted by Gasteiger charge is 2.18. The summed E-state index contributed by atoms with van der Waals surface area (Å²) in [7, 11) is 4.08. The van der Waals surface area contributed by atoms with E-state index < -0.39 is 6.04 Å². The Morgan fingerprint density at radius 2 is 2.03 bits per heavy atom. The van der Waals surface area contributed by atoms with E-state index >= 15 is 0 Å². The van der Waals surface area contributed by atoms with Crippen molar-refractivity contribution in [2.75, 3.05) is 39.5 Å². The van der Waals surface area contributed by atoms with Gasteiger partial charge in [0.2, 0.25) is 5.91 Å². The Balaban J connectivity index is 1.73. The van der Waals surface area contributed by atoms with Crippen molar-refractivity contribution in [2.45, 2.75) is 45.4 Å². The van der Waals surface area contributed by atoms with Gasteiger partial charge in [0.05, 0.1) is 17.1 Å². The Morgan fingerprint density at radius 3 is 2.78 bits per heavy atom. The van der Waals surface area contributed by atoms with E-state index in [4.69, 9.17) is 21.2 Å². The standard InChI is InChI=1S/C23H35N7O2/c1-4-32-15-19-28-20-21(16-9-5-6-11-18(16)27-22(20)25)30(19)14-12-26-23(31)17(24)10-7-8-13-29(2)3/h5-6,9,11,17H,4,7-8,10,12-15,24H2,1-3H3,(H2,25,27)(H,26,31)/t17-/m0/s1. The molecule has 174 valence electrons. The fourth-order valence-corrected chi connectivity index (χ4v) is 3.79. The molecule has 2 aromatic heterocycles. The molecule has 1 aromatic carbocycles. The van der Waals surface area contributed by atoms with Crippen molar-refractivity contribution in [3.63, 3.8) is 0 Å². The molecule has 0 saturated heterocycles. The average Bonchev–Trinajstić information content (AvgIpc) is 3.14. The molecule has 1 atom stereocenters. The minimum absolute atomic E-state index is 0.128. The van der Waals surface area contributed by atoms with Crippen LogP contribution in [0.1, 0.15) is 32.0 Å². The molecular weight excluding hydrogens is 406 g/mol. The van der Waals surface area contributed by atoms with Gasteiger partial charge < -0.3 is 31.0 Å². The van der Waals surface area contributed by atoms with Gasteiger partial charge >= 0.3 is 0 Å². The molecule has 0 radical (unpaired) electrons. The summed E-state index contributed by atoms with van der Waals surface area (Å²) in [5.41, 5.74) is 14.7. The number of carbonyl (C=O) groups is 1. The zero-order valence-corrected chi connectivity index (χ0v) is 19.3. The number of unbranched alkanes of at least 4 members (excludes halogenated alkanes) is 1. The number of benzene rings is 1. The lowest BCUT2D eigenvalue weighted by Crippen LogP contribution is -2.41. The van der Waals surface area contributed by atoms with Crippen LogP contribution in [0.4, 0.5) is 5.82 Å². The predicted molar refractivity (Wildman–Crippen MR) is 128 cm³/mol. The number of nitrogens with two attached hydrogens (primary N) is 2. The zero-order valence-electron chi connectivity index (χ0n) is 19.3. The summed E-state index contributed by atoms with van der Waals surface area (Å²) in [5, 5.41) is 3.94. The van der Waals surface area contributed by atoms with Gasteiger partial charge in [-0.25, -0.2) is 9.97 Å². The number of para-hydroxylation sites is 1. The lowest BCUT2D eigenvalue weighted by atomic mass is 10.1. The van der Waals surface area contributed by atoms with Crippen LogP contribution < -0.4 is 16.8 Å². The van der Waals surface area contributed by atoms with E-state index in [1.807, 2.05) is 45.3 Å². The summed E-state index contributed by atoms with van der Waals surface area (Å²) in [6, 6.07) is 7.34. The number of nitrogens with zero attached hydrogens (tertiary/aromatic N) is 4. The monoisotopic (exact) mass is 441 g/mol. The molecule has 0 aliphatic heterocycles. The van der Waals surface area contributed by atoms with Gasteiger partial charge in [-0.05, 0) is 46.5 Å². The largest absolute Gasteiger partial charge is 0.382 e. The van der Waals surface area contributed by atoms with E-state index in [0.717, 1.165) is 41.6 Å². The Bertz CT molecular complexity index is 1050. The minimum Gasteiger partial charge on any atom is -0.382 e. The van der Waals surface area contributed by atoms with Gasteiger partial charge in [0.15, 0.2) is 5.82 Å². The van der Waals surface area contributed by atoms with Crippen molar-refractivity contribution >= 4 is 33.7 Å². The molecule has 0 unspecified atom stereocenters. The van der Waals surface area contributed by atoms with Gasteiger partial charge in [0.1, 0.15) is 17.9 Å². The summed E-state index contributed by atoms with van der Waals surface area (Å²) in [6.45, 7) is 4.85. The van der Waals surface area contributed by atoms with E-state index in [1.165, 1.54) is 0 Å². The highest BCUT2D eigenvalue weighted by molar-refractivity contribution is 6.06. The third-order valence-corrected chi connectivity index (χ3v) is 5.47. The highest BCUT2D eigenvalue weighted by Crippen LogP contribution is 2.28. The number of hydrogen-bond donors (Lipinski definition) is 3. The first-order valence-electron chi connectivity index (χ1n) is 11.2. The Kier molecular flexibility index (Phi) is 8.38. The van der Waals surface area contributed by atoms with Gasteiger partial charge in [-0.15, -0.1) is 0 Å². The van der Waals surface area contributed by atoms with Crippen LogP contribution in [0.3, 0.4) is 0 Å². The third-order valence-electron chi connectivity index (χ3n) is 5.47. The number of ether oxygens (including phenoxy) is 1. The predicted octanol–water partition coefficient (Wildman–Crippen LogP) is 1.88. The summed E-state index contributed by atoms with van der Waals surface area (Å²) in [4.78, 5) is 23.8. The van der Waals surface area contributed by atoms with Crippen molar-refractivity contribution in [3.8, 4) is 0 Å². The summed E-state index contributed by atoms with van der Waals surface area (Å²) in [6.07, 6.45) is 2.63. The molecule has 32 heavy (non-hydrogen) atoms. The van der Waals surface area contributed by atoms with Crippen LogP contribution in [0, 0.1) is 0 Å². The van der Waals surface area contributed by atoms with Gasteiger partial charge in [-0.2, -0.15) is 0 Å². The zero-order chi connectivity index (χ0) is 23.1. The number of anilines is 1. The van der Waals surface area contributed by atoms with Crippen molar-refractivity contribution in [1.82, 2.24) is 24.8 Å². The Labute approximate surface area is 189 Å². The molecule has 0 aliphatic rings. The normalized spacial score (nSPS) is 12.7. The fourth-order valence-electron chi connectivity index (χ4n) is 3.79. The molecule has 5 N–H and O–H groups in total. The molecule has 9 heteroatoms. The van der Waals surface area contributed by atoms with Crippen molar-refractivity contribution in [1.29, 1.82) is 0 Å². The molecule has 0 fully saturated rings. The number of nitrogens with one attached hydrogen (secondary N) is 1. The van der Waals surface area contributed by atoms with E-state index in [1.54, 1.807) is 0 Å². The second-order valence-corrected chi connectivity index (χ2v) is 8.22. The molecule has 0 bridgehead atoms. The Hall–Kier alpha value is -2.75. The number of amides is 1. The first-order chi connectivity index (χ1) is 15.4. The Morgan fingerprint density at radius 1 is 1.25 bits per heavy atom. The first kappa shape index (κ1) is 23.9. The molecule has 3 aromatic rings. The van der Waals surface area contributed by atoms with E-state index in [9.17, 15) is 4.79 Å². The fraction of sp³-hybridized carbons (Fsp3) is 0.522. The first-order valence-corrected chi connectivity index (χ1v) is 11.2. The van der Waals surface area contributed by atoms with Crippen LogP contribution >= 0.6 is 0 Å². The molecule has 0 aliphatic carbocycles. The number of imidazole rings is 1. The maximum Gasteiger partial charge on any atom is 0.236 e. The molecule has 0 saturated carbocycles. The highest BCUT2D eigenvalue weighted by atomic mass is 16.5. The average molecular weight is 442 g/mol. The lowest BCUT2D eigenvalue weighted by Gasteiger charge is -2.15. The number of fused-ring (bicyclic) bond motifs is 3. The number of hydrogen-bond acceptors (Lipinski definition) is 7. The quantitative estimate of drug-likeness (QED) is 0.367. The van der Waals surface area contributed by atoms with Gasteiger partial charge in [0.25, 0.3) is 0 Å². The van der Waals surface area contributed by atoms with E-state index in [-0.39, 0.29) is 5.91 Å². The third kappa shape index (κ3) is 5.73. The molecule has 1 amide bonds. The minimum atomic E-state index is -0.500. The van der Waals surface area contributed by atoms with E-state index in [0.29, 0.717) is 44.1 Å². The number of aromatic nitrogens is 3. The number of carbonyl (C=O) groups excluding carboxylic acids is 1. The summed E-state index contributed by atoms with van der Waals surface area (Å²) in [5.74, 6) is 1.02. The van der Waals surface area contributed by atoms with Crippen molar-refractivity contribution in [2.24, 2.45) is 5.73 Å². The van der Waals surface area contributed by atoms with Crippen molar-refractivity contribution < 1.29 is 9.53 Å². The molecule has 0 spiro atoms. The van der Waals surface area contributed by atoms with Gasteiger partial charge in [0, 0.05) is 25.1 Å². The topological polar surface area (TPSA) is 124 Å². The maximum absolute atomic E-state index is 12.5. The van der Waals surface area contributed by atoms with Crippen LogP contribution in [0.25, 0.3) is 21.9 Å². The smallest absolute Gasteiger partial charge is 0.236 e. The second-order valence-electron chi connectivity index (χ2n) is 8.22. The van der Waals surface area contributed by atoms with Crippen LogP contribution in [0.15, 0.2) is 24.3 Å². The number of rotatable bonds is 12. The van der Waals surface area contributed by atoms with Crippen LogP contribution in [0.5, 0.6) is 0 Å². The molecular formula is C23H35N7O2. The van der Waals surface area contributed by atoms with Gasteiger partial charge in [-0.3, -0.25) is 4.79 Å². The SMILES string of the molecule is CCOCc1nc2c(N)nc3ccccc3c2n1CCNC(=O)[C@@H](N)CCCCN(C)C. The van der Waals surface area contributed by atoms with Crippen LogP contribution in [-0.2, 0) is 22.7 Å². The molecule has 3 rings (SSSR count). The summed E-state index contributed by atoms with van der Waals surface area (Å²) >= 11 is 0. The van der Waals surface area contributed by atoms with Gasteiger partial charge in [-0.1, -0.05) is 24.6 Å². The number of pyridine rings is 1. The number of nitrogen functional groups attached to an aromatic ring is 1.